The third-order valence-electron chi connectivity index (χ3n) is 4.42. The normalized spacial score (nSPS) is 11.8. The van der Waals surface area contributed by atoms with E-state index in [1.807, 2.05) is 48.5 Å². The molecule has 138 valence electrons. The van der Waals surface area contributed by atoms with Crippen LogP contribution in [0.3, 0.4) is 0 Å². The summed E-state index contributed by atoms with van der Waals surface area (Å²) >= 11 is 0. The molecular formula is C22H22N2O3. The Labute approximate surface area is 158 Å². The minimum absolute atomic E-state index is 0.0571. The van der Waals surface area contributed by atoms with Gasteiger partial charge in [0.25, 0.3) is 11.8 Å². The summed E-state index contributed by atoms with van der Waals surface area (Å²) in [6.07, 6.45) is -0.750. The standard InChI is InChI=1S/C22H22N2O3/c1-14(21(23)25)27-19-13-12-15-6-4-5-7-18(15)20(19)16-8-10-17(11-9-16)22(26)24(2)3/h4-14H,1-3H3,(H2,23,25). The smallest absolute Gasteiger partial charge is 0.258 e. The van der Waals surface area contributed by atoms with Crippen molar-refractivity contribution >= 4 is 22.6 Å². The Balaban J connectivity index is 2.13. The summed E-state index contributed by atoms with van der Waals surface area (Å²) in [6, 6.07) is 19.1. The predicted octanol–water partition coefficient (Wildman–Crippen LogP) is 3.46. The lowest BCUT2D eigenvalue weighted by atomic mass is 9.96. The average molecular weight is 362 g/mol. The molecule has 2 amide bonds. The van der Waals surface area contributed by atoms with Crippen molar-refractivity contribution in [2.45, 2.75) is 13.0 Å². The van der Waals surface area contributed by atoms with Crippen molar-refractivity contribution in [1.29, 1.82) is 0 Å². The number of hydrogen-bond donors (Lipinski definition) is 1. The fourth-order valence-corrected chi connectivity index (χ4v) is 2.93. The summed E-state index contributed by atoms with van der Waals surface area (Å²) in [5, 5.41) is 2.05. The number of fused-ring (bicyclic) bond motifs is 1. The fraction of sp³-hybridized carbons (Fsp3) is 0.182. The van der Waals surface area contributed by atoms with Gasteiger partial charge >= 0.3 is 0 Å². The molecule has 5 nitrogen and oxygen atoms in total. The van der Waals surface area contributed by atoms with Gasteiger partial charge in [-0.05, 0) is 41.5 Å². The highest BCUT2D eigenvalue weighted by atomic mass is 16.5. The second-order valence-electron chi connectivity index (χ2n) is 6.60. The minimum atomic E-state index is -0.750. The van der Waals surface area contributed by atoms with E-state index in [2.05, 4.69) is 0 Å². The third-order valence-corrected chi connectivity index (χ3v) is 4.42. The van der Waals surface area contributed by atoms with Gasteiger partial charge in [-0.1, -0.05) is 42.5 Å². The predicted molar refractivity (Wildman–Crippen MR) is 107 cm³/mol. The van der Waals surface area contributed by atoms with Gasteiger partial charge < -0.3 is 15.4 Å². The van der Waals surface area contributed by atoms with Gasteiger partial charge in [-0.15, -0.1) is 0 Å². The zero-order chi connectivity index (χ0) is 19.6. The quantitative estimate of drug-likeness (QED) is 0.755. The largest absolute Gasteiger partial charge is 0.480 e. The molecule has 0 aliphatic heterocycles. The molecule has 0 saturated heterocycles. The molecule has 0 bridgehead atoms. The Morgan fingerprint density at radius 3 is 2.26 bits per heavy atom. The zero-order valence-electron chi connectivity index (χ0n) is 15.6. The molecule has 0 spiro atoms. The van der Waals surface area contributed by atoms with Crippen molar-refractivity contribution < 1.29 is 14.3 Å². The molecule has 0 aliphatic rings. The maximum atomic E-state index is 12.1. The lowest BCUT2D eigenvalue weighted by molar-refractivity contribution is -0.123. The first-order valence-corrected chi connectivity index (χ1v) is 8.68. The molecule has 0 fully saturated rings. The van der Waals surface area contributed by atoms with Crippen molar-refractivity contribution in [2.75, 3.05) is 14.1 Å². The molecule has 2 N–H and O–H groups in total. The van der Waals surface area contributed by atoms with Crippen LogP contribution in [0.4, 0.5) is 0 Å². The molecule has 5 heteroatoms. The first-order chi connectivity index (χ1) is 12.9. The Bertz CT molecular complexity index is 994. The molecular weight excluding hydrogens is 340 g/mol. The van der Waals surface area contributed by atoms with Crippen LogP contribution in [-0.2, 0) is 4.79 Å². The lowest BCUT2D eigenvalue weighted by Crippen LogP contribution is -2.30. The molecule has 0 heterocycles. The van der Waals surface area contributed by atoms with Gasteiger partial charge in [-0.25, -0.2) is 0 Å². The summed E-state index contributed by atoms with van der Waals surface area (Å²) in [7, 11) is 3.44. The van der Waals surface area contributed by atoms with Gasteiger partial charge in [0.1, 0.15) is 5.75 Å². The minimum Gasteiger partial charge on any atom is -0.480 e. The monoisotopic (exact) mass is 362 g/mol. The summed E-state index contributed by atoms with van der Waals surface area (Å²) in [5.41, 5.74) is 7.73. The van der Waals surface area contributed by atoms with E-state index >= 15 is 0 Å². The van der Waals surface area contributed by atoms with Crippen LogP contribution in [0, 0.1) is 0 Å². The van der Waals surface area contributed by atoms with Gasteiger partial charge in [-0.3, -0.25) is 9.59 Å². The second-order valence-corrected chi connectivity index (χ2v) is 6.60. The van der Waals surface area contributed by atoms with E-state index < -0.39 is 12.0 Å². The fourth-order valence-electron chi connectivity index (χ4n) is 2.93. The number of nitrogens with zero attached hydrogens (tertiary/aromatic N) is 1. The number of nitrogens with two attached hydrogens (primary N) is 1. The average Bonchev–Trinajstić information content (AvgIpc) is 2.67. The van der Waals surface area contributed by atoms with E-state index in [1.54, 1.807) is 33.2 Å². The van der Waals surface area contributed by atoms with Crippen LogP contribution in [0.15, 0.2) is 60.7 Å². The van der Waals surface area contributed by atoms with Gasteiger partial charge in [0.2, 0.25) is 0 Å². The molecule has 0 saturated carbocycles. The molecule has 27 heavy (non-hydrogen) atoms. The summed E-state index contributed by atoms with van der Waals surface area (Å²) in [4.78, 5) is 25.1. The first kappa shape index (κ1) is 18.5. The molecule has 0 aromatic heterocycles. The molecule has 0 aliphatic carbocycles. The van der Waals surface area contributed by atoms with Crippen molar-refractivity contribution in [3.8, 4) is 16.9 Å². The number of hydrogen-bond acceptors (Lipinski definition) is 3. The number of amides is 2. The van der Waals surface area contributed by atoms with Gasteiger partial charge in [0.15, 0.2) is 6.10 Å². The highest BCUT2D eigenvalue weighted by Gasteiger charge is 2.17. The maximum Gasteiger partial charge on any atom is 0.258 e. The number of primary amides is 1. The van der Waals surface area contributed by atoms with Crippen molar-refractivity contribution in [3.05, 3.63) is 66.2 Å². The highest BCUT2D eigenvalue weighted by Crippen LogP contribution is 2.37. The number of carbonyl (C=O) groups excluding carboxylic acids is 2. The molecule has 3 aromatic rings. The van der Waals surface area contributed by atoms with Crippen LogP contribution in [0.5, 0.6) is 5.75 Å². The lowest BCUT2D eigenvalue weighted by Gasteiger charge is -2.18. The maximum absolute atomic E-state index is 12.1. The van der Waals surface area contributed by atoms with E-state index in [1.165, 1.54) is 4.90 Å². The van der Waals surface area contributed by atoms with Crippen molar-refractivity contribution in [1.82, 2.24) is 4.90 Å². The zero-order valence-corrected chi connectivity index (χ0v) is 15.6. The van der Waals surface area contributed by atoms with Crippen molar-refractivity contribution in [3.63, 3.8) is 0 Å². The molecule has 0 radical (unpaired) electrons. The van der Waals surface area contributed by atoms with Gasteiger partial charge in [0, 0.05) is 25.2 Å². The van der Waals surface area contributed by atoms with Crippen LogP contribution in [0.2, 0.25) is 0 Å². The molecule has 3 aromatic carbocycles. The number of benzene rings is 3. The summed E-state index contributed by atoms with van der Waals surface area (Å²) < 4.78 is 5.84. The molecule has 1 atom stereocenters. The van der Waals surface area contributed by atoms with Gasteiger partial charge in [0.05, 0.1) is 0 Å². The Morgan fingerprint density at radius 2 is 1.63 bits per heavy atom. The summed E-state index contributed by atoms with van der Waals surface area (Å²) in [5.74, 6) is -0.00832. The van der Waals surface area contributed by atoms with E-state index in [-0.39, 0.29) is 5.91 Å². The SMILES string of the molecule is CC(Oc1ccc2ccccc2c1-c1ccc(C(=O)N(C)C)cc1)C(N)=O. The van der Waals surface area contributed by atoms with Crippen LogP contribution in [-0.4, -0.2) is 36.9 Å². The van der Waals surface area contributed by atoms with Crippen molar-refractivity contribution in [2.24, 2.45) is 5.73 Å². The molecule has 1 unspecified atom stereocenters. The van der Waals surface area contributed by atoms with E-state index in [9.17, 15) is 9.59 Å². The van der Waals surface area contributed by atoms with E-state index in [0.29, 0.717) is 11.3 Å². The Hall–Kier alpha value is -3.34. The van der Waals surface area contributed by atoms with Crippen LogP contribution in [0.1, 0.15) is 17.3 Å². The highest BCUT2D eigenvalue weighted by molar-refractivity contribution is 6.01. The molecule has 3 rings (SSSR count). The number of carbonyl (C=O) groups is 2. The second kappa shape index (κ2) is 7.50. The first-order valence-electron chi connectivity index (χ1n) is 8.68. The van der Waals surface area contributed by atoms with Crippen LogP contribution < -0.4 is 10.5 Å². The third kappa shape index (κ3) is 3.77. The number of rotatable bonds is 5. The van der Waals surface area contributed by atoms with Gasteiger partial charge in [-0.2, -0.15) is 0 Å². The van der Waals surface area contributed by atoms with E-state index in [4.69, 9.17) is 10.5 Å². The summed E-state index contributed by atoms with van der Waals surface area (Å²) in [6.45, 7) is 1.63. The van der Waals surface area contributed by atoms with Crippen LogP contribution in [0.25, 0.3) is 21.9 Å². The van der Waals surface area contributed by atoms with E-state index in [0.717, 1.165) is 21.9 Å². The Kier molecular flexibility index (Phi) is 5.12. The topological polar surface area (TPSA) is 72.6 Å². The Morgan fingerprint density at radius 1 is 0.963 bits per heavy atom. The van der Waals surface area contributed by atoms with Crippen LogP contribution >= 0.6 is 0 Å². The number of ether oxygens (including phenoxy) is 1.